The number of rotatable bonds is 8. The molecule has 0 saturated carbocycles. The number of benzene rings is 1. The van der Waals surface area contributed by atoms with Gasteiger partial charge in [0.15, 0.2) is 6.61 Å². The third-order valence-electron chi connectivity index (χ3n) is 3.51. The number of hydrogen-bond donors (Lipinski definition) is 1. The summed E-state index contributed by atoms with van der Waals surface area (Å²) in [6, 6.07) is 5.57. The Balaban J connectivity index is 2.01. The number of carbonyl (C=O) groups is 1. The highest BCUT2D eigenvalue weighted by Gasteiger charge is 2.10. The zero-order chi connectivity index (χ0) is 18.2. The lowest BCUT2D eigenvalue weighted by molar-refractivity contribution is -0.145. The molecule has 0 unspecified atom stereocenters. The molecule has 0 spiro atoms. The minimum absolute atomic E-state index is 0.0500. The van der Waals surface area contributed by atoms with Gasteiger partial charge < -0.3 is 19.3 Å². The molecule has 1 heterocycles. The summed E-state index contributed by atoms with van der Waals surface area (Å²) < 4.78 is 16.2. The summed E-state index contributed by atoms with van der Waals surface area (Å²) in [7, 11) is 0. The minimum atomic E-state index is -0.391. The second-order valence-corrected chi connectivity index (χ2v) is 5.63. The second-order valence-electron chi connectivity index (χ2n) is 5.63. The van der Waals surface area contributed by atoms with Gasteiger partial charge in [-0.05, 0) is 55.7 Å². The van der Waals surface area contributed by atoms with E-state index >= 15 is 0 Å². The Labute approximate surface area is 147 Å². The fraction of sp³-hybridized carbons (Fsp3) is 0.368. The predicted octanol–water partition coefficient (Wildman–Crippen LogP) is 2.71. The maximum Gasteiger partial charge on any atom is 0.344 e. The molecule has 0 aliphatic heterocycles. The monoisotopic (exact) mass is 345 g/mol. The Kier molecular flexibility index (Phi) is 6.77. The molecule has 1 N–H and O–H groups in total. The molecule has 25 heavy (non-hydrogen) atoms. The van der Waals surface area contributed by atoms with Gasteiger partial charge in [-0.3, -0.25) is 4.98 Å². The molecule has 0 fully saturated rings. The first kappa shape index (κ1) is 18.7. The largest absolute Gasteiger partial charge is 0.489 e. The van der Waals surface area contributed by atoms with Crippen LogP contribution >= 0.6 is 0 Å². The standard InChI is InChI=1S/C19H23NO5/c1-4-23-18(22)12-25-19-13(2)5-17(6-14(19)3)24-11-16-7-15(10-21)8-20-9-16/h5-9,21H,4,10-12H2,1-3H3. The molecule has 0 saturated heterocycles. The van der Waals surface area contributed by atoms with Gasteiger partial charge in [0, 0.05) is 18.0 Å². The van der Waals surface area contributed by atoms with Gasteiger partial charge >= 0.3 is 5.97 Å². The van der Waals surface area contributed by atoms with E-state index < -0.39 is 5.97 Å². The number of aryl methyl sites for hydroxylation is 2. The van der Waals surface area contributed by atoms with E-state index in [9.17, 15) is 4.79 Å². The van der Waals surface area contributed by atoms with Crippen molar-refractivity contribution in [2.75, 3.05) is 13.2 Å². The van der Waals surface area contributed by atoms with Crippen LogP contribution in [0.4, 0.5) is 0 Å². The number of carbonyl (C=O) groups excluding carboxylic acids is 1. The zero-order valence-electron chi connectivity index (χ0n) is 14.7. The number of pyridine rings is 1. The molecule has 0 atom stereocenters. The molecule has 0 amide bonds. The van der Waals surface area contributed by atoms with Crippen molar-refractivity contribution in [2.24, 2.45) is 0 Å². The Morgan fingerprint density at radius 2 is 1.76 bits per heavy atom. The number of ether oxygens (including phenoxy) is 3. The Morgan fingerprint density at radius 3 is 2.40 bits per heavy atom. The van der Waals surface area contributed by atoms with E-state index in [0.717, 1.165) is 22.3 Å². The number of aliphatic hydroxyl groups is 1. The van der Waals surface area contributed by atoms with Crippen molar-refractivity contribution in [3.05, 3.63) is 52.8 Å². The highest BCUT2D eigenvalue weighted by molar-refractivity contribution is 5.71. The zero-order valence-corrected chi connectivity index (χ0v) is 14.7. The van der Waals surface area contributed by atoms with E-state index in [4.69, 9.17) is 19.3 Å². The number of aliphatic hydroxyl groups excluding tert-OH is 1. The molecule has 6 heteroatoms. The lowest BCUT2D eigenvalue weighted by Gasteiger charge is -2.14. The van der Waals surface area contributed by atoms with Crippen LogP contribution in [-0.2, 0) is 22.7 Å². The van der Waals surface area contributed by atoms with Crippen molar-refractivity contribution in [1.29, 1.82) is 0 Å². The van der Waals surface area contributed by atoms with Crippen LogP contribution in [0.5, 0.6) is 11.5 Å². The van der Waals surface area contributed by atoms with Crippen molar-refractivity contribution in [1.82, 2.24) is 4.98 Å². The quantitative estimate of drug-likeness (QED) is 0.741. The molecule has 2 aromatic rings. The van der Waals surface area contributed by atoms with Crippen molar-refractivity contribution < 1.29 is 24.1 Å². The van der Waals surface area contributed by atoms with Crippen LogP contribution in [0.25, 0.3) is 0 Å². The molecule has 0 aliphatic rings. The first-order valence-electron chi connectivity index (χ1n) is 8.09. The molecule has 6 nitrogen and oxygen atoms in total. The molecule has 1 aromatic carbocycles. The molecular formula is C19H23NO5. The Morgan fingerprint density at radius 1 is 1.08 bits per heavy atom. The smallest absolute Gasteiger partial charge is 0.344 e. The predicted molar refractivity (Wildman–Crippen MR) is 92.5 cm³/mol. The highest BCUT2D eigenvalue weighted by Crippen LogP contribution is 2.29. The molecule has 134 valence electrons. The molecule has 1 aromatic heterocycles. The summed E-state index contributed by atoms with van der Waals surface area (Å²) in [5.41, 5.74) is 3.38. The van der Waals surface area contributed by atoms with Crippen LogP contribution in [0.3, 0.4) is 0 Å². The van der Waals surface area contributed by atoms with Crippen LogP contribution < -0.4 is 9.47 Å². The van der Waals surface area contributed by atoms with Gasteiger partial charge in [0.05, 0.1) is 13.2 Å². The van der Waals surface area contributed by atoms with Gasteiger partial charge in [-0.2, -0.15) is 0 Å². The summed E-state index contributed by atoms with van der Waals surface area (Å²) >= 11 is 0. The normalized spacial score (nSPS) is 10.4. The third kappa shape index (κ3) is 5.46. The lowest BCUT2D eigenvalue weighted by atomic mass is 10.1. The summed E-state index contributed by atoms with van der Waals surface area (Å²) in [5, 5.41) is 9.15. The minimum Gasteiger partial charge on any atom is -0.489 e. The molecule has 0 aliphatic carbocycles. The lowest BCUT2D eigenvalue weighted by Crippen LogP contribution is -2.15. The Bertz CT molecular complexity index is 706. The molecule has 0 radical (unpaired) electrons. The number of nitrogens with zero attached hydrogens (tertiary/aromatic N) is 1. The highest BCUT2D eigenvalue weighted by atomic mass is 16.6. The fourth-order valence-corrected chi connectivity index (χ4v) is 2.43. The summed E-state index contributed by atoms with van der Waals surface area (Å²) in [6.07, 6.45) is 3.32. The van der Waals surface area contributed by atoms with Crippen LogP contribution in [0.2, 0.25) is 0 Å². The van der Waals surface area contributed by atoms with Crippen LogP contribution in [0, 0.1) is 13.8 Å². The summed E-state index contributed by atoms with van der Waals surface area (Å²) in [6.45, 7) is 6.07. The van der Waals surface area contributed by atoms with Crippen LogP contribution in [0.15, 0.2) is 30.6 Å². The van der Waals surface area contributed by atoms with E-state index in [1.807, 2.05) is 32.0 Å². The third-order valence-corrected chi connectivity index (χ3v) is 3.51. The number of esters is 1. The van der Waals surface area contributed by atoms with Crippen LogP contribution in [0.1, 0.15) is 29.2 Å². The van der Waals surface area contributed by atoms with E-state index in [-0.39, 0.29) is 13.2 Å². The summed E-state index contributed by atoms with van der Waals surface area (Å²) in [4.78, 5) is 15.5. The SMILES string of the molecule is CCOC(=O)COc1c(C)cc(OCc2cncc(CO)c2)cc1C. The van der Waals surface area contributed by atoms with Crippen molar-refractivity contribution in [2.45, 2.75) is 34.0 Å². The summed E-state index contributed by atoms with van der Waals surface area (Å²) in [5.74, 6) is 0.968. The van der Waals surface area contributed by atoms with Gasteiger partial charge in [0.2, 0.25) is 0 Å². The Hall–Kier alpha value is -2.60. The van der Waals surface area contributed by atoms with Gasteiger partial charge in [-0.15, -0.1) is 0 Å². The van der Waals surface area contributed by atoms with E-state index in [1.54, 1.807) is 19.3 Å². The average molecular weight is 345 g/mol. The molecular weight excluding hydrogens is 322 g/mol. The van der Waals surface area contributed by atoms with E-state index in [2.05, 4.69) is 4.98 Å². The van der Waals surface area contributed by atoms with Gasteiger partial charge in [0.25, 0.3) is 0 Å². The second kappa shape index (κ2) is 9.03. The fourth-order valence-electron chi connectivity index (χ4n) is 2.43. The van der Waals surface area contributed by atoms with Crippen LogP contribution in [-0.4, -0.2) is 29.3 Å². The molecule has 2 rings (SSSR count). The first-order valence-corrected chi connectivity index (χ1v) is 8.09. The maximum absolute atomic E-state index is 11.4. The average Bonchev–Trinajstić information content (AvgIpc) is 2.59. The number of hydrogen-bond acceptors (Lipinski definition) is 6. The van der Waals surface area contributed by atoms with Crippen molar-refractivity contribution >= 4 is 5.97 Å². The first-order chi connectivity index (χ1) is 12.0. The van der Waals surface area contributed by atoms with E-state index in [1.165, 1.54) is 0 Å². The molecule has 0 bridgehead atoms. The van der Waals surface area contributed by atoms with Gasteiger partial charge in [-0.25, -0.2) is 4.79 Å². The van der Waals surface area contributed by atoms with Gasteiger partial charge in [-0.1, -0.05) is 0 Å². The topological polar surface area (TPSA) is 77.9 Å². The van der Waals surface area contributed by atoms with Crippen molar-refractivity contribution in [3.8, 4) is 11.5 Å². The van der Waals surface area contributed by atoms with Crippen molar-refractivity contribution in [3.63, 3.8) is 0 Å². The maximum atomic E-state index is 11.4. The number of aromatic nitrogens is 1. The van der Waals surface area contributed by atoms with E-state index in [0.29, 0.717) is 24.7 Å². The van der Waals surface area contributed by atoms with Gasteiger partial charge in [0.1, 0.15) is 18.1 Å².